The van der Waals surface area contributed by atoms with Crippen molar-refractivity contribution in [2.24, 2.45) is 0 Å². The second kappa shape index (κ2) is 4.99. The predicted octanol–water partition coefficient (Wildman–Crippen LogP) is 0.185. The third kappa shape index (κ3) is 2.51. The second-order valence-electron chi connectivity index (χ2n) is 5.07. The summed E-state index contributed by atoms with van der Waals surface area (Å²) in [7, 11) is 0. The molecule has 0 spiro atoms. The molecule has 21 heavy (non-hydrogen) atoms. The largest absolute Gasteiger partial charge is 0.480 e. The Morgan fingerprint density at radius 3 is 2.62 bits per heavy atom. The van der Waals surface area contributed by atoms with Crippen molar-refractivity contribution in [3.8, 4) is 0 Å². The molecule has 1 fully saturated rings. The highest BCUT2D eigenvalue weighted by molar-refractivity contribution is 5.92. The van der Waals surface area contributed by atoms with Crippen molar-refractivity contribution in [2.75, 3.05) is 19.6 Å². The average molecular weight is 308 g/mol. The minimum atomic E-state index is -4.92. The molecule has 9 heteroatoms. The van der Waals surface area contributed by atoms with Crippen molar-refractivity contribution >= 4 is 11.9 Å². The third-order valence-electron chi connectivity index (χ3n) is 3.87. The number of hydrogen-bond acceptors (Lipinski definition) is 4. The number of rotatable bonds is 3. The normalized spacial score (nSPS) is 28.3. The number of likely N-dealkylation sites (N-methyl/N-ethyl adjacent to an activating group) is 1. The fraction of sp³-hybridized carbons (Fsp3) is 0.667. The zero-order chi connectivity index (χ0) is 16.0. The summed E-state index contributed by atoms with van der Waals surface area (Å²) in [5.41, 5.74) is -1.49. The summed E-state index contributed by atoms with van der Waals surface area (Å²) in [6.45, 7) is 1.19. The topological polar surface area (TPSA) is 81.1 Å². The van der Waals surface area contributed by atoms with Crippen molar-refractivity contribution in [2.45, 2.75) is 31.3 Å². The molecule has 2 aliphatic rings. The zero-order valence-electron chi connectivity index (χ0n) is 11.2. The molecule has 1 amide bonds. The molecule has 2 rings (SSSR count). The standard InChI is InChI=1S/C12H15F3N2O4/c1-2-17-8(18)5-7-6-16(4-3-11(7,17)21)9(10(19)20)12(13,14)15/h5,9,21H,2-4,6H2,1H3,(H,19,20)/t9-,11+/m0/s1. The Morgan fingerprint density at radius 2 is 2.14 bits per heavy atom. The highest BCUT2D eigenvalue weighted by Crippen LogP contribution is 2.38. The molecule has 0 aromatic rings. The predicted molar refractivity (Wildman–Crippen MR) is 64.1 cm³/mol. The van der Waals surface area contributed by atoms with E-state index in [1.807, 2.05) is 0 Å². The Bertz CT molecular complexity index is 505. The summed E-state index contributed by atoms with van der Waals surface area (Å²) in [6, 6.07) is -2.64. The first kappa shape index (κ1) is 15.8. The van der Waals surface area contributed by atoms with E-state index in [2.05, 4.69) is 0 Å². The van der Waals surface area contributed by atoms with Crippen LogP contribution in [0, 0.1) is 0 Å². The minimum Gasteiger partial charge on any atom is -0.480 e. The molecular formula is C12H15F3N2O4. The first-order chi connectivity index (χ1) is 9.61. The molecular weight excluding hydrogens is 293 g/mol. The molecule has 0 aliphatic carbocycles. The molecule has 6 nitrogen and oxygen atoms in total. The van der Waals surface area contributed by atoms with Gasteiger partial charge in [-0.25, -0.2) is 0 Å². The molecule has 1 saturated heterocycles. The van der Waals surface area contributed by atoms with Crippen LogP contribution in [0.15, 0.2) is 11.6 Å². The Labute approximate surface area is 118 Å². The lowest BCUT2D eigenvalue weighted by atomic mass is 9.94. The van der Waals surface area contributed by atoms with Gasteiger partial charge in [0.25, 0.3) is 0 Å². The van der Waals surface area contributed by atoms with Gasteiger partial charge in [0, 0.05) is 37.7 Å². The number of hydrogen-bond donors (Lipinski definition) is 2. The van der Waals surface area contributed by atoms with Gasteiger partial charge in [-0.3, -0.25) is 14.5 Å². The van der Waals surface area contributed by atoms with E-state index in [1.165, 1.54) is 4.90 Å². The van der Waals surface area contributed by atoms with Crippen molar-refractivity contribution in [1.29, 1.82) is 0 Å². The van der Waals surface area contributed by atoms with E-state index in [9.17, 15) is 27.9 Å². The van der Waals surface area contributed by atoms with Crippen LogP contribution >= 0.6 is 0 Å². The summed E-state index contributed by atoms with van der Waals surface area (Å²) < 4.78 is 38.5. The van der Waals surface area contributed by atoms with Gasteiger partial charge in [-0.05, 0) is 6.92 Å². The number of fused-ring (bicyclic) bond motifs is 1. The van der Waals surface area contributed by atoms with Gasteiger partial charge in [0.2, 0.25) is 11.9 Å². The van der Waals surface area contributed by atoms with Crippen LogP contribution in [0.2, 0.25) is 0 Å². The lowest BCUT2D eigenvalue weighted by Crippen LogP contribution is -2.60. The smallest absolute Gasteiger partial charge is 0.414 e. The number of carboxylic acids is 1. The van der Waals surface area contributed by atoms with Gasteiger partial charge in [-0.15, -0.1) is 0 Å². The molecule has 2 N–H and O–H groups in total. The summed E-state index contributed by atoms with van der Waals surface area (Å²) in [5.74, 6) is -2.47. The van der Waals surface area contributed by atoms with Crippen LogP contribution in [-0.2, 0) is 9.59 Å². The zero-order valence-corrected chi connectivity index (χ0v) is 11.2. The average Bonchev–Trinajstić information content (AvgIpc) is 2.56. The van der Waals surface area contributed by atoms with E-state index in [-0.39, 0.29) is 25.1 Å². The minimum absolute atomic E-state index is 0.108. The highest BCUT2D eigenvalue weighted by Gasteiger charge is 2.54. The lowest BCUT2D eigenvalue weighted by Gasteiger charge is -2.44. The van der Waals surface area contributed by atoms with Crippen molar-refractivity contribution in [1.82, 2.24) is 9.80 Å². The van der Waals surface area contributed by atoms with Crippen molar-refractivity contribution in [3.05, 3.63) is 11.6 Å². The molecule has 2 aliphatic heterocycles. The maximum absolute atomic E-state index is 12.8. The number of halogens is 3. The molecule has 0 aromatic heterocycles. The third-order valence-corrected chi connectivity index (χ3v) is 3.87. The number of likely N-dealkylation sites (tertiary alicyclic amines) is 1. The van der Waals surface area contributed by atoms with Gasteiger partial charge in [0.1, 0.15) is 0 Å². The number of amides is 1. The summed E-state index contributed by atoms with van der Waals surface area (Å²) >= 11 is 0. The lowest BCUT2D eigenvalue weighted by molar-refractivity contribution is -0.205. The van der Waals surface area contributed by atoms with Gasteiger partial charge < -0.3 is 15.1 Å². The van der Waals surface area contributed by atoms with Crippen molar-refractivity contribution in [3.63, 3.8) is 0 Å². The molecule has 0 unspecified atom stereocenters. The number of piperidine rings is 1. The van der Waals surface area contributed by atoms with E-state index in [4.69, 9.17) is 5.11 Å². The van der Waals surface area contributed by atoms with Crippen LogP contribution in [0.4, 0.5) is 13.2 Å². The Balaban J connectivity index is 2.26. The molecule has 2 heterocycles. The van der Waals surface area contributed by atoms with Gasteiger partial charge in [0.05, 0.1) is 0 Å². The number of carbonyl (C=O) groups excluding carboxylic acids is 1. The first-order valence-corrected chi connectivity index (χ1v) is 6.40. The van der Waals surface area contributed by atoms with Gasteiger partial charge in [-0.1, -0.05) is 0 Å². The summed E-state index contributed by atoms with van der Waals surface area (Å²) in [5, 5.41) is 19.3. The van der Waals surface area contributed by atoms with Crippen LogP contribution in [0.1, 0.15) is 13.3 Å². The molecule has 0 saturated carbocycles. The number of carbonyl (C=O) groups is 2. The van der Waals surface area contributed by atoms with Crippen LogP contribution < -0.4 is 0 Å². The SMILES string of the molecule is CCN1C(=O)C=C2CN([C@@H](C(=O)O)C(F)(F)F)CC[C@@]21O. The van der Waals surface area contributed by atoms with E-state index in [1.54, 1.807) is 6.92 Å². The van der Waals surface area contributed by atoms with Gasteiger partial charge >= 0.3 is 12.1 Å². The molecule has 0 aromatic carbocycles. The van der Waals surface area contributed by atoms with Crippen LogP contribution in [0.25, 0.3) is 0 Å². The van der Waals surface area contributed by atoms with E-state index < -0.39 is 36.4 Å². The number of carboxylic acid groups (broad SMARTS) is 1. The van der Waals surface area contributed by atoms with Crippen LogP contribution in [0.5, 0.6) is 0 Å². The Hall–Kier alpha value is -1.61. The first-order valence-electron chi connectivity index (χ1n) is 6.40. The summed E-state index contributed by atoms with van der Waals surface area (Å²) in [6.07, 6.45) is -3.99. The number of nitrogens with zero attached hydrogens (tertiary/aromatic N) is 2. The molecule has 2 atom stereocenters. The maximum Gasteiger partial charge on any atom is 0.414 e. The van der Waals surface area contributed by atoms with E-state index in [0.717, 1.165) is 11.0 Å². The molecule has 0 radical (unpaired) electrons. The van der Waals surface area contributed by atoms with Gasteiger partial charge in [-0.2, -0.15) is 13.2 Å². The van der Waals surface area contributed by atoms with E-state index >= 15 is 0 Å². The van der Waals surface area contributed by atoms with Gasteiger partial charge in [0.15, 0.2) is 5.72 Å². The van der Waals surface area contributed by atoms with Crippen LogP contribution in [0.3, 0.4) is 0 Å². The molecule has 0 bridgehead atoms. The summed E-state index contributed by atoms with van der Waals surface area (Å²) in [4.78, 5) is 24.5. The number of aliphatic hydroxyl groups is 1. The Kier molecular flexibility index (Phi) is 3.75. The second-order valence-corrected chi connectivity index (χ2v) is 5.07. The molecule has 118 valence electrons. The maximum atomic E-state index is 12.8. The number of aliphatic carboxylic acids is 1. The Morgan fingerprint density at radius 1 is 1.52 bits per heavy atom. The fourth-order valence-corrected chi connectivity index (χ4v) is 2.90. The highest BCUT2D eigenvalue weighted by atomic mass is 19.4. The van der Waals surface area contributed by atoms with Crippen molar-refractivity contribution < 1.29 is 33.0 Å². The van der Waals surface area contributed by atoms with E-state index in [0.29, 0.717) is 0 Å². The quantitative estimate of drug-likeness (QED) is 0.777. The monoisotopic (exact) mass is 308 g/mol. The fourth-order valence-electron chi connectivity index (χ4n) is 2.90. The van der Waals surface area contributed by atoms with Crippen LogP contribution in [-0.4, -0.2) is 69.5 Å². The number of alkyl halides is 3.